The van der Waals surface area contributed by atoms with Gasteiger partial charge in [-0.2, -0.15) is 0 Å². The van der Waals surface area contributed by atoms with E-state index in [0.29, 0.717) is 0 Å². The number of rotatable bonds is 6. The van der Waals surface area contributed by atoms with Crippen LogP contribution >= 0.6 is 0 Å². The van der Waals surface area contributed by atoms with Crippen molar-refractivity contribution in [3.8, 4) is 0 Å². The van der Waals surface area contributed by atoms with Gasteiger partial charge in [0.05, 0.1) is 0 Å². The predicted octanol–water partition coefficient (Wildman–Crippen LogP) is 4.89. The molecule has 1 N–H and O–H groups in total. The first-order valence-corrected chi connectivity index (χ1v) is 7.15. The fourth-order valence-corrected chi connectivity index (χ4v) is 2.18. The lowest BCUT2D eigenvalue weighted by Gasteiger charge is -2.15. The lowest BCUT2D eigenvalue weighted by atomic mass is 9.97. The van der Waals surface area contributed by atoms with Gasteiger partial charge in [-0.05, 0) is 29.5 Å². The molecule has 0 fully saturated rings. The molecule has 1 nitrogen and oxygen atoms in total. The number of nitrogens with one attached hydrogen (secondary N) is 1. The lowest BCUT2D eigenvalue weighted by molar-refractivity contribution is 0.561. The lowest BCUT2D eigenvalue weighted by Crippen LogP contribution is -2.05. The molecule has 0 heterocycles. The van der Waals surface area contributed by atoms with E-state index >= 15 is 0 Å². The van der Waals surface area contributed by atoms with Gasteiger partial charge in [-0.3, -0.25) is 0 Å². The molecule has 0 radical (unpaired) electrons. The van der Waals surface area contributed by atoms with Crippen LogP contribution in [-0.2, 0) is 13.0 Å². The topological polar surface area (TPSA) is 12.0 Å². The Kier molecular flexibility index (Phi) is 5.02. The summed E-state index contributed by atoms with van der Waals surface area (Å²) in [6.45, 7) is 5.46. The van der Waals surface area contributed by atoms with Crippen molar-refractivity contribution in [1.82, 2.24) is 0 Å². The van der Waals surface area contributed by atoms with Gasteiger partial charge >= 0.3 is 0 Å². The third kappa shape index (κ3) is 4.13. The second-order valence-corrected chi connectivity index (χ2v) is 5.21. The molecule has 0 saturated carbocycles. The summed E-state index contributed by atoms with van der Waals surface area (Å²) < 4.78 is 0. The van der Waals surface area contributed by atoms with Crippen LogP contribution in [0.5, 0.6) is 0 Å². The van der Waals surface area contributed by atoms with Gasteiger partial charge in [0, 0.05) is 12.2 Å². The zero-order valence-electron chi connectivity index (χ0n) is 11.9. The molecular weight excluding hydrogens is 230 g/mol. The molecule has 2 aromatic carbocycles. The highest BCUT2D eigenvalue weighted by molar-refractivity contribution is 5.51. The van der Waals surface area contributed by atoms with Gasteiger partial charge in [0.15, 0.2) is 0 Å². The highest BCUT2D eigenvalue weighted by Crippen LogP contribution is 2.20. The zero-order valence-corrected chi connectivity index (χ0v) is 11.9. The normalized spacial score (nSPS) is 12.1. The molecule has 0 aliphatic carbocycles. The summed E-state index contributed by atoms with van der Waals surface area (Å²) in [7, 11) is 0. The maximum atomic E-state index is 3.56. The molecular formula is C18H23N. The maximum absolute atomic E-state index is 3.56. The predicted molar refractivity (Wildman–Crippen MR) is 83.4 cm³/mol. The van der Waals surface area contributed by atoms with E-state index < -0.39 is 0 Å². The van der Waals surface area contributed by atoms with Gasteiger partial charge in [0.25, 0.3) is 0 Å². The van der Waals surface area contributed by atoms with E-state index in [0.717, 1.165) is 18.9 Å². The number of hydrogen-bond acceptors (Lipinski definition) is 1. The minimum atomic E-state index is 0.736. The molecule has 0 spiro atoms. The van der Waals surface area contributed by atoms with Crippen molar-refractivity contribution < 1.29 is 0 Å². The van der Waals surface area contributed by atoms with Crippen molar-refractivity contribution in [1.29, 1.82) is 0 Å². The highest BCUT2D eigenvalue weighted by atomic mass is 14.9. The van der Waals surface area contributed by atoms with E-state index in [4.69, 9.17) is 0 Å². The maximum Gasteiger partial charge on any atom is 0.0400 e. The van der Waals surface area contributed by atoms with Gasteiger partial charge in [0.2, 0.25) is 0 Å². The van der Waals surface area contributed by atoms with Crippen LogP contribution in [0.15, 0.2) is 54.6 Å². The Balaban J connectivity index is 2.03. The summed E-state index contributed by atoms with van der Waals surface area (Å²) in [5.41, 5.74) is 4.01. The number of hydrogen-bond donors (Lipinski definition) is 1. The number of para-hydroxylation sites is 1. The quantitative estimate of drug-likeness (QED) is 0.773. The van der Waals surface area contributed by atoms with E-state index in [2.05, 4.69) is 73.8 Å². The molecule has 0 aliphatic heterocycles. The van der Waals surface area contributed by atoms with Gasteiger partial charge in [0.1, 0.15) is 0 Å². The Morgan fingerprint density at radius 2 is 1.63 bits per heavy atom. The van der Waals surface area contributed by atoms with E-state index in [1.54, 1.807) is 0 Å². The Morgan fingerprint density at radius 1 is 0.947 bits per heavy atom. The van der Waals surface area contributed by atoms with E-state index in [9.17, 15) is 0 Å². The molecule has 2 aromatic rings. The molecule has 100 valence electrons. The standard InChI is InChI=1S/C18H23N/c1-3-15(2)13-17-11-7-8-12-18(17)19-14-16-9-5-4-6-10-16/h4-12,15,19H,3,13-14H2,1-2H3/t15-/m0/s1. The van der Waals surface area contributed by atoms with Crippen LogP contribution in [0.2, 0.25) is 0 Å². The van der Waals surface area contributed by atoms with E-state index in [-0.39, 0.29) is 0 Å². The third-order valence-electron chi connectivity index (χ3n) is 3.61. The molecule has 0 aromatic heterocycles. The Labute approximate surface area is 116 Å². The van der Waals surface area contributed by atoms with Crippen molar-refractivity contribution in [3.05, 3.63) is 65.7 Å². The zero-order chi connectivity index (χ0) is 13.5. The minimum Gasteiger partial charge on any atom is -0.381 e. The molecule has 1 atom stereocenters. The molecule has 0 saturated heterocycles. The van der Waals surface area contributed by atoms with Crippen LogP contribution in [0.1, 0.15) is 31.4 Å². The summed E-state index contributed by atoms with van der Waals surface area (Å²) in [5, 5.41) is 3.56. The first kappa shape index (κ1) is 13.7. The molecule has 0 unspecified atom stereocenters. The Morgan fingerprint density at radius 3 is 2.37 bits per heavy atom. The molecule has 0 aliphatic rings. The third-order valence-corrected chi connectivity index (χ3v) is 3.61. The van der Waals surface area contributed by atoms with Crippen LogP contribution in [0.3, 0.4) is 0 Å². The Hall–Kier alpha value is -1.76. The van der Waals surface area contributed by atoms with Crippen LogP contribution in [0.4, 0.5) is 5.69 Å². The van der Waals surface area contributed by atoms with Crippen molar-refractivity contribution in [2.24, 2.45) is 5.92 Å². The summed E-state index contributed by atoms with van der Waals surface area (Å²) in [5.74, 6) is 0.736. The van der Waals surface area contributed by atoms with Crippen molar-refractivity contribution in [2.45, 2.75) is 33.2 Å². The Bertz CT molecular complexity index is 490. The van der Waals surface area contributed by atoms with Crippen LogP contribution in [0, 0.1) is 5.92 Å². The van der Waals surface area contributed by atoms with Crippen LogP contribution in [-0.4, -0.2) is 0 Å². The number of benzene rings is 2. The summed E-state index contributed by atoms with van der Waals surface area (Å²) in [6, 6.07) is 19.2. The highest BCUT2D eigenvalue weighted by Gasteiger charge is 2.05. The average Bonchev–Trinajstić information content (AvgIpc) is 2.47. The summed E-state index contributed by atoms with van der Waals surface area (Å²) in [4.78, 5) is 0. The van der Waals surface area contributed by atoms with Gasteiger partial charge < -0.3 is 5.32 Å². The molecule has 0 bridgehead atoms. The van der Waals surface area contributed by atoms with Gasteiger partial charge in [-0.15, -0.1) is 0 Å². The van der Waals surface area contributed by atoms with E-state index in [1.165, 1.54) is 23.2 Å². The SMILES string of the molecule is CC[C@H](C)Cc1ccccc1NCc1ccccc1. The van der Waals surface area contributed by atoms with Crippen molar-refractivity contribution in [2.75, 3.05) is 5.32 Å². The summed E-state index contributed by atoms with van der Waals surface area (Å²) in [6.07, 6.45) is 2.38. The van der Waals surface area contributed by atoms with Crippen molar-refractivity contribution in [3.63, 3.8) is 0 Å². The first-order chi connectivity index (χ1) is 9.29. The second-order valence-electron chi connectivity index (χ2n) is 5.21. The summed E-state index contributed by atoms with van der Waals surface area (Å²) >= 11 is 0. The smallest absolute Gasteiger partial charge is 0.0400 e. The van der Waals surface area contributed by atoms with Gasteiger partial charge in [-0.25, -0.2) is 0 Å². The van der Waals surface area contributed by atoms with Crippen LogP contribution in [0.25, 0.3) is 0 Å². The van der Waals surface area contributed by atoms with Crippen molar-refractivity contribution >= 4 is 5.69 Å². The fourth-order valence-electron chi connectivity index (χ4n) is 2.18. The average molecular weight is 253 g/mol. The second kappa shape index (κ2) is 6.98. The molecule has 19 heavy (non-hydrogen) atoms. The fraction of sp³-hybridized carbons (Fsp3) is 0.333. The molecule has 1 heteroatoms. The van der Waals surface area contributed by atoms with Crippen LogP contribution < -0.4 is 5.32 Å². The molecule has 2 rings (SSSR count). The van der Waals surface area contributed by atoms with E-state index in [1.807, 2.05) is 0 Å². The molecule has 0 amide bonds. The monoisotopic (exact) mass is 253 g/mol. The number of anilines is 1. The van der Waals surface area contributed by atoms with Gasteiger partial charge in [-0.1, -0.05) is 68.8 Å². The largest absolute Gasteiger partial charge is 0.381 e. The minimum absolute atomic E-state index is 0.736. The first-order valence-electron chi connectivity index (χ1n) is 7.15.